The molecule has 2 fully saturated rings. The number of hydrogen-bond donors (Lipinski definition) is 0. The van der Waals surface area contributed by atoms with Gasteiger partial charge >= 0.3 is 5.97 Å². The average Bonchev–Trinajstić information content (AvgIpc) is 2.71. The first-order valence-corrected chi connectivity index (χ1v) is 8.13. The predicted molar refractivity (Wildman–Crippen MR) is 82.8 cm³/mol. The third-order valence-electron chi connectivity index (χ3n) is 6.51. The number of esters is 1. The van der Waals surface area contributed by atoms with E-state index in [1.54, 1.807) is 0 Å². The van der Waals surface area contributed by atoms with Gasteiger partial charge in [-0.05, 0) is 36.0 Å². The topological polar surface area (TPSA) is 35.5 Å². The minimum absolute atomic E-state index is 0.159. The summed E-state index contributed by atoms with van der Waals surface area (Å²) >= 11 is 0. The van der Waals surface area contributed by atoms with Crippen molar-refractivity contribution in [3.8, 4) is 0 Å². The molecule has 0 spiro atoms. The number of nitrogens with zero attached hydrogens (tertiary/aromatic N) is 1. The Balaban J connectivity index is 1.84. The van der Waals surface area contributed by atoms with E-state index in [-0.39, 0.29) is 5.97 Å². The highest BCUT2D eigenvalue weighted by Gasteiger charge is 2.61. The van der Waals surface area contributed by atoms with Crippen molar-refractivity contribution in [1.82, 2.24) is 0 Å². The molecule has 0 aromatic carbocycles. The lowest BCUT2D eigenvalue weighted by Crippen LogP contribution is -2.47. The number of rotatable bonds is 6. The SMILES string of the molecule is COC(=O)C[N+](C)(C)CCO[C@@H]1C[C@@H]2CC[C@]1(C)C2(C)C. The highest BCUT2D eigenvalue weighted by Crippen LogP contribution is 2.66. The third-order valence-corrected chi connectivity index (χ3v) is 6.51. The zero-order valence-electron chi connectivity index (χ0n) is 14.6. The van der Waals surface area contributed by atoms with Crippen LogP contribution in [0.15, 0.2) is 0 Å². The Labute approximate surface area is 129 Å². The highest BCUT2D eigenvalue weighted by atomic mass is 16.5. The zero-order chi connectivity index (χ0) is 15.9. The van der Waals surface area contributed by atoms with Gasteiger partial charge in [-0.15, -0.1) is 0 Å². The summed E-state index contributed by atoms with van der Waals surface area (Å²) in [5.41, 5.74) is 0.714. The number of hydrogen-bond acceptors (Lipinski definition) is 3. The van der Waals surface area contributed by atoms with E-state index in [4.69, 9.17) is 9.47 Å². The van der Waals surface area contributed by atoms with Crippen LogP contribution in [0.25, 0.3) is 0 Å². The molecule has 2 aliphatic rings. The Bertz CT molecular complexity index is 405. The molecule has 2 rings (SSSR count). The molecule has 0 amide bonds. The molecule has 0 N–H and O–H groups in total. The first kappa shape index (κ1) is 16.8. The summed E-state index contributed by atoms with van der Waals surface area (Å²) in [6.45, 7) is 9.17. The third kappa shape index (κ3) is 2.98. The lowest BCUT2D eigenvalue weighted by molar-refractivity contribution is -0.883. The predicted octanol–water partition coefficient (Wildman–Crippen LogP) is 2.47. The van der Waals surface area contributed by atoms with Crippen LogP contribution in [0.1, 0.15) is 40.0 Å². The average molecular weight is 298 g/mol. The molecule has 0 unspecified atom stereocenters. The monoisotopic (exact) mass is 298 g/mol. The molecule has 0 aromatic heterocycles. The number of quaternary nitrogens is 1. The van der Waals surface area contributed by atoms with Crippen LogP contribution >= 0.6 is 0 Å². The van der Waals surface area contributed by atoms with Crippen molar-refractivity contribution < 1.29 is 18.8 Å². The van der Waals surface area contributed by atoms with Crippen molar-refractivity contribution in [2.24, 2.45) is 16.7 Å². The fourth-order valence-electron chi connectivity index (χ4n) is 4.32. The maximum atomic E-state index is 11.4. The first-order valence-electron chi connectivity index (χ1n) is 8.13. The molecule has 0 radical (unpaired) electrons. The van der Waals surface area contributed by atoms with E-state index in [1.807, 2.05) is 14.1 Å². The quantitative estimate of drug-likeness (QED) is 0.558. The fourth-order valence-corrected chi connectivity index (χ4v) is 4.32. The molecule has 0 aliphatic heterocycles. The van der Waals surface area contributed by atoms with Crippen molar-refractivity contribution in [1.29, 1.82) is 0 Å². The van der Waals surface area contributed by atoms with Gasteiger partial charge in [-0.25, -0.2) is 4.79 Å². The molecule has 4 heteroatoms. The Kier molecular flexibility index (Phi) is 4.42. The van der Waals surface area contributed by atoms with Crippen molar-refractivity contribution in [2.45, 2.75) is 46.1 Å². The Morgan fingerprint density at radius 2 is 1.95 bits per heavy atom. The van der Waals surface area contributed by atoms with Gasteiger partial charge in [0.1, 0.15) is 6.54 Å². The molecule has 122 valence electrons. The molecule has 21 heavy (non-hydrogen) atoms. The van der Waals surface area contributed by atoms with Gasteiger partial charge in [0.25, 0.3) is 0 Å². The van der Waals surface area contributed by atoms with Crippen molar-refractivity contribution in [3.05, 3.63) is 0 Å². The van der Waals surface area contributed by atoms with Crippen LogP contribution in [-0.2, 0) is 14.3 Å². The maximum absolute atomic E-state index is 11.4. The number of likely N-dealkylation sites (N-methyl/N-ethyl adjacent to an activating group) is 1. The van der Waals surface area contributed by atoms with Gasteiger partial charge in [0.05, 0.1) is 33.9 Å². The summed E-state index contributed by atoms with van der Waals surface area (Å²) in [5.74, 6) is 0.651. The van der Waals surface area contributed by atoms with Crippen molar-refractivity contribution in [2.75, 3.05) is 40.9 Å². The largest absolute Gasteiger partial charge is 0.465 e. The molecule has 2 saturated carbocycles. The number of carbonyl (C=O) groups is 1. The van der Waals surface area contributed by atoms with E-state index in [2.05, 4.69) is 20.8 Å². The van der Waals surface area contributed by atoms with Crippen molar-refractivity contribution in [3.63, 3.8) is 0 Å². The molecule has 2 aliphatic carbocycles. The molecule has 0 heterocycles. The first-order chi connectivity index (χ1) is 9.62. The van der Waals surface area contributed by atoms with Gasteiger partial charge in [0.2, 0.25) is 0 Å². The van der Waals surface area contributed by atoms with E-state index in [0.717, 1.165) is 12.5 Å². The van der Waals surface area contributed by atoms with Gasteiger partial charge < -0.3 is 14.0 Å². The zero-order valence-corrected chi connectivity index (χ0v) is 14.6. The summed E-state index contributed by atoms with van der Waals surface area (Å²) in [4.78, 5) is 11.4. The summed E-state index contributed by atoms with van der Waals surface area (Å²) in [6, 6.07) is 0. The molecule has 2 bridgehead atoms. The van der Waals surface area contributed by atoms with Crippen LogP contribution < -0.4 is 0 Å². The van der Waals surface area contributed by atoms with Crippen LogP contribution in [0.4, 0.5) is 0 Å². The second-order valence-electron chi connectivity index (χ2n) is 8.36. The fraction of sp³-hybridized carbons (Fsp3) is 0.941. The Morgan fingerprint density at radius 1 is 1.29 bits per heavy atom. The molecular weight excluding hydrogens is 266 g/mol. The second-order valence-corrected chi connectivity index (χ2v) is 8.36. The second kappa shape index (κ2) is 5.54. The lowest BCUT2D eigenvalue weighted by atomic mass is 9.70. The Morgan fingerprint density at radius 3 is 2.43 bits per heavy atom. The lowest BCUT2D eigenvalue weighted by Gasteiger charge is -2.39. The maximum Gasteiger partial charge on any atom is 0.361 e. The van der Waals surface area contributed by atoms with Crippen LogP contribution in [-0.4, -0.2) is 57.5 Å². The van der Waals surface area contributed by atoms with E-state index in [9.17, 15) is 4.79 Å². The standard InChI is InChI=1S/C17H32NO3/c1-16(2)13-7-8-17(16,3)14(11-13)21-10-9-18(4,5)12-15(19)20-6/h13-14H,7-12H2,1-6H3/q+1/t13-,14+,17-/m0/s1. The van der Waals surface area contributed by atoms with Crippen LogP contribution in [0.5, 0.6) is 0 Å². The van der Waals surface area contributed by atoms with Gasteiger partial charge in [0.15, 0.2) is 6.54 Å². The van der Waals surface area contributed by atoms with Gasteiger partial charge in [-0.1, -0.05) is 20.8 Å². The van der Waals surface area contributed by atoms with E-state index in [1.165, 1.54) is 26.4 Å². The van der Waals surface area contributed by atoms with Crippen LogP contribution in [0, 0.1) is 16.7 Å². The molecular formula is C17H32NO3+. The summed E-state index contributed by atoms with van der Waals surface area (Å²) < 4.78 is 11.6. The number of carbonyl (C=O) groups excluding carboxylic acids is 1. The minimum atomic E-state index is -0.159. The van der Waals surface area contributed by atoms with Crippen LogP contribution in [0.2, 0.25) is 0 Å². The summed E-state index contributed by atoms with van der Waals surface area (Å²) in [5, 5.41) is 0. The van der Waals surface area contributed by atoms with Gasteiger partial charge in [0, 0.05) is 0 Å². The van der Waals surface area contributed by atoms with Gasteiger partial charge in [-0.3, -0.25) is 0 Å². The van der Waals surface area contributed by atoms with Gasteiger partial charge in [-0.2, -0.15) is 0 Å². The van der Waals surface area contributed by atoms with Crippen molar-refractivity contribution >= 4 is 5.97 Å². The molecule has 0 aromatic rings. The van der Waals surface area contributed by atoms with E-state index >= 15 is 0 Å². The van der Waals surface area contributed by atoms with Crippen LogP contribution in [0.3, 0.4) is 0 Å². The van der Waals surface area contributed by atoms with E-state index in [0.29, 0.717) is 34.6 Å². The summed E-state index contributed by atoms with van der Waals surface area (Å²) in [6.07, 6.45) is 4.22. The minimum Gasteiger partial charge on any atom is -0.465 e. The molecule has 4 nitrogen and oxygen atoms in total. The summed E-state index contributed by atoms with van der Waals surface area (Å²) in [7, 11) is 5.54. The Hall–Kier alpha value is -0.610. The molecule has 0 saturated heterocycles. The number of ether oxygens (including phenoxy) is 2. The number of fused-ring (bicyclic) bond motifs is 2. The number of methoxy groups -OCH3 is 1. The smallest absolute Gasteiger partial charge is 0.361 e. The normalized spacial score (nSPS) is 34.2. The molecule has 3 atom stereocenters. The van der Waals surface area contributed by atoms with E-state index < -0.39 is 0 Å². The highest BCUT2D eigenvalue weighted by molar-refractivity contribution is 5.70.